The van der Waals surface area contributed by atoms with E-state index in [1.165, 1.54) is 33.3 Å². The highest BCUT2D eigenvalue weighted by Gasteiger charge is 2.19. The minimum atomic E-state index is 0.951. The van der Waals surface area contributed by atoms with Crippen molar-refractivity contribution in [2.45, 2.75) is 26.8 Å². The summed E-state index contributed by atoms with van der Waals surface area (Å²) in [5, 5.41) is 4.87. The lowest BCUT2D eigenvalue weighted by molar-refractivity contribution is -0.413. The van der Waals surface area contributed by atoms with Crippen molar-refractivity contribution in [3.8, 4) is 0 Å². The zero-order chi connectivity index (χ0) is 17.1. The number of rotatable bonds is 4. The first kappa shape index (κ1) is 16.5. The molecular weight excluding hydrogens is 294 g/mol. The van der Waals surface area contributed by atoms with Crippen molar-refractivity contribution >= 4 is 23.3 Å². The molecule has 0 spiro atoms. The zero-order valence-electron chi connectivity index (χ0n) is 14.8. The van der Waals surface area contributed by atoms with Gasteiger partial charge in [-0.2, -0.15) is 0 Å². The molecule has 3 heteroatoms. The molecule has 3 nitrogen and oxygen atoms in total. The summed E-state index contributed by atoms with van der Waals surface area (Å²) >= 11 is 0. The third kappa shape index (κ3) is 3.00. The number of benzene rings is 1. The number of hydrogen-bond acceptors (Lipinski definition) is 1. The summed E-state index contributed by atoms with van der Waals surface area (Å²) in [7, 11) is 1.90. The number of hydrogen-bond donors (Lipinski definition) is 2. The monoisotopic (exact) mass is 320 g/mol. The molecule has 0 radical (unpaired) electrons. The van der Waals surface area contributed by atoms with E-state index in [-0.39, 0.29) is 0 Å². The minimum Gasteiger partial charge on any atom is -0.320 e. The van der Waals surface area contributed by atoms with Crippen molar-refractivity contribution in [3.63, 3.8) is 0 Å². The van der Waals surface area contributed by atoms with Gasteiger partial charge in [0.15, 0.2) is 6.21 Å². The van der Waals surface area contributed by atoms with Gasteiger partial charge in [0.05, 0.1) is 5.52 Å². The molecule has 0 aliphatic carbocycles. The van der Waals surface area contributed by atoms with Gasteiger partial charge in [-0.1, -0.05) is 24.3 Å². The number of nitrogens with one attached hydrogen (secondary N) is 2. The van der Waals surface area contributed by atoms with E-state index in [4.69, 9.17) is 0 Å². The standard InChI is InChI=1S/C21H25N3/c1-5-17(8-10-22-4)16(3)14-24-20-7-6-15(2)12-18(20)19-13-23-11-9-21(19)24/h5-8,10,12,14,23H,1,9,11,13H2,2-4H3/p+1/b16-14+,17-8+,22-10?. The molecule has 2 heterocycles. The first-order valence-corrected chi connectivity index (χ1v) is 8.50. The van der Waals surface area contributed by atoms with Gasteiger partial charge in [0, 0.05) is 42.9 Å². The molecule has 0 saturated heterocycles. The van der Waals surface area contributed by atoms with Crippen LogP contribution in [0.25, 0.3) is 17.1 Å². The topological polar surface area (TPSA) is 30.9 Å². The summed E-state index contributed by atoms with van der Waals surface area (Å²) in [5.74, 6) is 0. The fraction of sp³-hybridized carbons (Fsp3) is 0.286. The van der Waals surface area contributed by atoms with Crippen LogP contribution in [0.2, 0.25) is 0 Å². The Morgan fingerprint density at radius 2 is 2.21 bits per heavy atom. The molecule has 124 valence electrons. The molecule has 2 N–H and O–H groups in total. The Labute approximate surface area is 144 Å². The average molecular weight is 320 g/mol. The molecule has 0 unspecified atom stereocenters. The van der Waals surface area contributed by atoms with Gasteiger partial charge in [0.1, 0.15) is 7.05 Å². The average Bonchev–Trinajstić information content (AvgIpc) is 2.89. The smallest absolute Gasteiger partial charge is 0.162 e. The van der Waals surface area contributed by atoms with Crippen molar-refractivity contribution in [2.75, 3.05) is 13.6 Å². The molecule has 1 aliphatic rings. The Morgan fingerprint density at radius 3 is 2.96 bits per heavy atom. The Hall–Kier alpha value is -2.39. The van der Waals surface area contributed by atoms with Crippen molar-refractivity contribution in [2.24, 2.45) is 0 Å². The van der Waals surface area contributed by atoms with E-state index in [0.717, 1.165) is 25.1 Å². The van der Waals surface area contributed by atoms with Crippen molar-refractivity contribution < 1.29 is 4.99 Å². The highest BCUT2D eigenvalue weighted by molar-refractivity contribution is 5.88. The molecule has 0 fully saturated rings. The predicted octanol–water partition coefficient (Wildman–Crippen LogP) is 2.35. The van der Waals surface area contributed by atoms with Gasteiger partial charge in [0.25, 0.3) is 0 Å². The second-order valence-corrected chi connectivity index (χ2v) is 6.34. The Bertz CT molecular complexity index is 863. The van der Waals surface area contributed by atoms with Crippen LogP contribution in [0.1, 0.15) is 23.7 Å². The van der Waals surface area contributed by atoms with Gasteiger partial charge in [-0.05, 0) is 42.7 Å². The maximum Gasteiger partial charge on any atom is 0.162 e. The van der Waals surface area contributed by atoms with Crippen LogP contribution in [0.15, 0.2) is 48.1 Å². The normalized spacial score (nSPS) is 16.0. The molecule has 24 heavy (non-hydrogen) atoms. The molecule has 0 saturated carbocycles. The predicted molar refractivity (Wildman–Crippen MR) is 103 cm³/mol. The number of allylic oxidation sites excluding steroid dienone is 4. The lowest BCUT2D eigenvalue weighted by atomic mass is 10.0. The van der Waals surface area contributed by atoms with Crippen LogP contribution in [0.4, 0.5) is 0 Å². The van der Waals surface area contributed by atoms with Gasteiger partial charge >= 0.3 is 0 Å². The third-order valence-electron chi connectivity index (χ3n) is 4.64. The van der Waals surface area contributed by atoms with Crippen LogP contribution in [0, 0.1) is 6.92 Å². The first-order chi connectivity index (χ1) is 11.7. The van der Waals surface area contributed by atoms with Crippen molar-refractivity contribution in [3.05, 3.63) is 64.9 Å². The Balaban J connectivity index is 2.19. The second kappa shape index (κ2) is 7.02. The number of aryl methyl sites for hydroxylation is 1. The summed E-state index contributed by atoms with van der Waals surface area (Å²) in [4.78, 5) is 3.04. The molecule has 0 bridgehead atoms. The lowest BCUT2D eigenvalue weighted by Gasteiger charge is -2.16. The highest BCUT2D eigenvalue weighted by atomic mass is 15.0. The van der Waals surface area contributed by atoms with Gasteiger partial charge in [-0.15, -0.1) is 0 Å². The molecule has 0 amide bonds. The van der Waals surface area contributed by atoms with Crippen molar-refractivity contribution in [1.82, 2.24) is 9.88 Å². The third-order valence-corrected chi connectivity index (χ3v) is 4.64. The number of aromatic nitrogens is 1. The summed E-state index contributed by atoms with van der Waals surface area (Å²) in [6.07, 6.45) is 9.21. The molecule has 1 aromatic carbocycles. The summed E-state index contributed by atoms with van der Waals surface area (Å²) in [5.41, 5.74) is 7.79. The van der Waals surface area contributed by atoms with E-state index in [0.29, 0.717) is 0 Å². The molecular formula is C21H26N3+. The van der Waals surface area contributed by atoms with Crippen LogP contribution in [-0.4, -0.2) is 24.4 Å². The van der Waals surface area contributed by atoms with E-state index in [2.05, 4.69) is 65.8 Å². The highest BCUT2D eigenvalue weighted by Crippen LogP contribution is 2.30. The Kier molecular flexibility index (Phi) is 4.81. The molecule has 0 atom stereocenters. The minimum absolute atomic E-state index is 0.951. The van der Waals surface area contributed by atoms with Crippen LogP contribution < -0.4 is 10.3 Å². The van der Waals surface area contributed by atoms with E-state index in [1.54, 1.807) is 0 Å². The van der Waals surface area contributed by atoms with Gasteiger partial charge in [-0.25, -0.2) is 0 Å². The van der Waals surface area contributed by atoms with Gasteiger partial charge in [0.2, 0.25) is 0 Å². The summed E-state index contributed by atoms with van der Waals surface area (Å²) < 4.78 is 2.37. The van der Waals surface area contributed by atoms with Crippen LogP contribution in [0.5, 0.6) is 0 Å². The van der Waals surface area contributed by atoms with E-state index in [9.17, 15) is 0 Å². The number of nitrogens with zero attached hydrogens (tertiary/aromatic N) is 1. The Morgan fingerprint density at radius 1 is 1.38 bits per heavy atom. The molecule has 2 aromatic rings. The summed E-state index contributed by atoms with van der Waals surface area (Å²) in [6.45, 7) is 10.2. The zero-order valence-corrected chi connectivity index (χ0v) is 14.8. The van der Waals surface area contributed by atoms with Crippen LogP contribution in [-0.2, 0) is 13.0 Å². The number of fused-ring (bicyclic) bond motifs is 3. The van der Waals surface area contributed by atoms with E-state index >= 15 is 0 Å². The maximum absolute atomic E-state index is 3.95. The fourth-order valence-electron chi connectivity index (χ4n) is 3.39. The molecule has 1 aromatic heterocycles. The largest absolute Gasteiger partial charge is 0.320 e. The van der Waals surface area contributed by atoms with Crippen LogP contribution in [0.3, 0.4) is 0 Å². The summed E-state index contributed by atoms with van der Waals surface area (Å²) in [6, 6.07) is 6.74. The first-order valence-electron chi connectivity index (χ1n) is 8.50. The van der Waals surface area contributed by atoms with Gasteiger partial charge in [-0.3, -0.25) is 4.99 Å². The maximum atomic E-state index is 3.95. The SMILES string of the molecule is C=CC(=C\C=[NH+]C)/C(C)=C/n1c2c(c3cc(C)ccc31)CNCC2. The quantitative estimate of drug-likeness (QED) is 0.657. The lowest BCUT2D eigenvalue weighted by Crippen LogP contribution is -2.62. The van der Waals surface area contributed by atoms with E-state index in [1.807, 2.05) is 19.3 Å². The van der Waals surface area contributed by atoms with Gasteiger partial charge < -0.3 is 9.88 Å². The van der Waals surface area contributed by atoms with Crippen LogP contribution >= 0.6 is 0 Å². The van der Waals surface area contributed by atoms with E-state index < -0.39 is 0 Å². The molecule has 1 aliphatic heterocycles. The van der Waals surface area contributed by atoms with Crippen molar-refractivity contribution in [1.29, 1.82) is 0 Å². The second-order valence-electron chi connectivity index (χ2n) is 6.34. The molecule has 3 rings (SSSR count). The fourth-order valence-corrected chi connectivity index (χ4v) is 3.39.